The summed E-state index contributed by atoms with van der Waals surface area (Å²) in [6.45, 7) is 7.06. The Morgan fingerprint density at radius 1 is 1.18 bits per heavy atom. The molecule has 7 heteroatoms. The molecule has 1 aliphatic carbocycles. The number of benzene rings is 1. The minimum atomic E-state index is -0.492. The first-order valence-corrected chi connectivity index (χ1v) is 12.1. The molecule has 0 bridgehead atoms. The average molecular weight is 460 g/mol. The third-order valence-electron chi connectivity index (χ3n) is 6.63. The quantitative estimate of drug-likeness (QED) is 0.698. The summed E-state index contributed by atoms with van der Waals surface area (Å²) in [5.41, 5.74) is 6.03. The van der Waals surface area contributed by atoms with Crippen LogP contribution in [0.25, 0.3) is 16.6 Å². The number of ether oxygens (including phenoxy) is 1. The summed E-state index contributed by atoms with van der Waals surface area (Å²) in [6.07, 6.45) is 14.9. The molecule has 1 fully saturated rings. The molecule has 0 spiro atoms. The van der Waals surface area contributed by atoms with Crippen molar-refractivity contribution in [2.45, 2.75) is 57.7 Å². The van der Waals surface area contributed by atoms with Crippen molar-refractivity contribution >= 4 is 28.4 Å². The van der Waals surface area contributed by atoms with Gasteiger partial charge in [0.1, 0.15) is 5.60 Å². The van der Waals surface area contributed by atoms with E-state index in [2.05, 4.69) is 63.8 Å². The van der Waals surface area contributed by atoms with Crippen LogP contribution in [-0.4, -0.2) is 63.7 Å². The van der Waals surface area contributed by atoms with E-state index in [0.717, 1.165) is 48.1 Å². The first-order chi connectivity index (χ1) is 16.3. The van der Waals surface area contributed by atoms with Crippen LogP contribution in [0.2, 0.25) is 0 Å². The number of hydrogen-bond donors (Lipinski definition) is 1. The summed E-state index contributed by atoms with van der Waals surface area (Å²) < 4.78 is 5.59. The molecule has 1 aromatic carbocycles. The third kappa shape index (κ3) is 4.65. The molecule has 1 N–H and O–H groups in total. The van der Waals surface area contributed by atoms with Gasteiger partial charge in [0.05, 0.1) is 17.1 Å². The highest BCUT2D eigenvalue weighted by Gasteiger charge is 2.29. The predicted octanol–water partition coefficient (Wildman–Crippen LogP) is 4.98. The molecule has 1 amide bonds. The number of nitrogens with zero attached hydrogens (tertiary/aromatic N) is 4. The zero-order chi connectivity index (χ0) is 23.9. The Balaban J connectivity index is 1.40. The monoisotopic (exact) mass is 459 g/mol. The van der Waals surface area contributed by atoms with E-state index in [-0.39, 0.29) is 12.1 Å². The van der Waals surface area contributed by atoms with Gasteiger partial charge in [-0.2, -0.15) is 0 Å². The maximum Gasteiger partial charge on any atom is 0.410 e. The van der Waals surface area contributed by atoms with Crippen LogP contribution < -0.4 is 5.32 Å². The van der Waals surface area contributed by atoms with Crippen LogP contribution in [0.5, 0.6) is 0 Å². The number of nitrogens with one attached hydrogen (secondary N) is 1. The Kier molecular flexibility index (Phi) is 5.80. The lowest BCUT2D eigenvalue weighted by molar-refractivity contribution is 0.0206. The molecule has 178 valence electrons. The van der Waals surface area contributed by atoms with Gasteiger partial charge >= 0.3 is 6.09 Å². The molecule has 5 rings (SSSR count). The topological polar surface area (TPSA) is 70.6 Å². The van der Waals surface area contributed by atoms with Crippen molar-refractivity contribution in [3.63, 3.8) is 0 Å². The molecule has 0 radical (unpaired) electrons. The molecule has 34 heavy (non-hydrogen) atoms. The lowest BCUT2D eigenvalue weighted by Crippen LogP contribution is -2.47. The fourth-order valence-electron chi connectivity index (χ4n) is 4.98. The molecular formula is C27H33N5O2. The van der Waals surface area contributed by atoms with Gasteiger partial charge in [0.25, 0.3) is 0 Å². The summed E-state index contributed by atoms with van der Waals surface area (Å²) in [5.74, 6) is 0. The van der Waals surface area contributed by atoms with Gasteiger partial charge < -0.3 is 19.9 Å². The second kappa shape index (κ2) is 8.78. The van der Waals surface area contributed by atoms with Crippen LogP contribution in [-0.2, 0) is 4.74 Å². The molecule has 3 heterocycles. The number of aromatic nitrogens is 2. The van der Waals surface area contributed by atoms with Crippen molar-refractivity contribution < 1.29 is 9.53 Å². The number of hydrogen-bond acceptors (Lipinski definition) is 6. The summed E-state index contributed by atoms with van der Waals surface area (Å²) >= 11 is 0. The highest BCUT2D eigenvalue weighted by Crippen LogP contribution is 2.37. The summed E-state index contributed by atoms with van der Waals surface area (Å²) in [7, 11) is 2.13. The molecular weight excluding hydrogens is 426 g/mol. The summed E-state index contributed by atoms with van der Waals surface area (Å²) in [6, 6.07) is 4.77. The Morgan fingerprint density at radius 3 is 2.82 bits per heavy atom. The molecule has 1 saturated heterocycles. The number of likely N-dealkylation sites (N-methyl/N-ethyl adjacent to an activating group) is 1. The van der Waals surface area contributed by atoms with Gasteiger partial charge in [-0.25, -0.2) is 4.79 Å². The highest BCUT2D eigenvalue weighted by molar-refractivity contribution is 5.92. The summed E-state index contributed by atoms with van der Waals surface area (Å²) in [4.78, 5) is 25.9. The number of carbonyl (C=O) groups excluding carboxylic acids is 1. The maximum atomic E-state index is 12.6. The highest BCUT2D eigenvalue weighted by atomic mass is 16.6. The molecule has 7 nitrogen and oxygen atoms in total. The largest absolute Gasteiger partial charge is 0.444 e. The normalized spacial score (nSPS) is 22.4. The van der Waals surface area contributed by atoms with Gasteiger partial charge in [-0.05, 0) is 75.6 Å². The predicted molar refractivity (Wildman–Crippen MR) is 135 cm³/mol. The number of likely N-dealkylation sites (tertiary alicyclic amines) is 1. The minimum Gasteiger partial charge on any atom is -0.444 e. The standard InChI is InChI=1S/C27H33N5O2/c1-27(2,3)34-26(33)32-12-5-6-20(17-32)30-21-15-22(25-23(16-21)28-10-11-29-25)19-8-7-18-9-13-31(4)24(18)14-19/h7-11,13,15-16,20,24,30H,5-6,12,14,17H2,1-4H3. The van der Waals surface area contributed by atoms with E-state index in [9.17, 15) is 4.79 Å². The van der Waals surface area contributed by atoms with E-state index in [1.54, 1.807) is 12.4 Å². The molecule has 2 aliphatic heterocycles. The van der Waals surface area contributed by atoms with Crippen LogP contribution in [0, 0.1) is 0 Å². The number of anilines is 1. The van der Waals surface area contributed by atoms with E-state index in [1.807, 2.05) is 25.7 Å². The van der Waals surface area contributed by atoms with Crippen molar-refractivity contribution in [1.29, 1.82) is 0 Å². The fourth-order valence-corrected chi connectivity index (χ4v) is 4.98. The van der Waals surface area contributed by atoms with Crippen molar-refractivity contribution in [2.24, 2.45) is 0 Å². The fraction of sp³-hybridized carbons (Fsp3) is 0.444. The number of amides is 1. The minimum absolute atomic E-state index is 0.153. The number of piperidine rings is 1. The second-order valence-electron chi connectivity index (χ2n) is 10.4. The van der Waals surface area contributed by atoms with Gasteiger partial charge in [-0.3, -0.25) is 9.97 Å². The van der Waals surface area contributed by atoms with Crippen molar-refractivity contribution in [3.8, 4) is 0 Å². The molecule has 1 aromatic heterocycles. The van der Waals surface area contributed by atoms with Crippen LogP contribution in [0.15, 0.2) is 54.5 Å². The number of allylic oxidation sites excluding steroid dienone is 2. The van der Waals surface area contributed by atoms with Gasteiger partial charge in [-0.15, -0.1) is 0 Å². The van der Waals surface area contributed by atoms with Crippen LogP contribution in [0.1, 0.15) is 45.6 Å². The van der Waals surface area contributed by atoms with Crippen LogP contribution in [0.4, 0.5) is 10.5 Å². The summed E-state index contributed by atoms with van der Waals surface area (Å²) in [5, 5.41) is 3.67. The van der Waals surface area contributed by atoms with E-state index >= 15 is 0 Å². The zero-order valence-corrected chi connectivity index (χ0v) is 20.4. The molecule has 0 saturated carbocycles. The molecule has 2 unspecified atom stereocenters. The van der Waals surface area contributed by atoms with E-state index in [1.165, 1.54) is 11.1 Å². The number of rotatable bonds is 3. The van der Waals surface area contributed by atoms with Gasteiger partial charge in [-0.1, -0.05) is 12.2 Å². The molecule has 2 atom stereocenters. The smallest absolute Gasteiger partial charge is 0.410 e. The first kappa shape index (κ1) is 22.4. The lowest BCUT2D eigenvalue weighted by Gasteiger charge is -2.35. The SMILES string of the molecule is CN1C=CC2=CC=C(c3cc(NC4CCCN(C(=O)OC(C)(C)C)C4)cc4nccnc34)CC21. The van der Waals surface area contributed by atoms with Crippen LogP contribution >= 0.6 is 0 Å². The van der Waals surface area contributed by atoms with E-state index < -0.39 is 5.60 Å². The van der Waals surface area contributed by atoms with E-state index in [0.29, 0.717) is 12.6 Å². The van der Waals surface area contributed by atoms with E-state index in [4.69, 9.17) is 4.74 Å². The number of fused-ring (bicyclic) bond motifs is 2. The Labute approximate surface area is 201 Å². The Hall–Kier alpha value is -3.35. The third-order valence-corrected chi connectivity index (χ3v) is 6.63. The second-order valence-corrected chi connectivity index (χ2v) is 10.4. The zero-order valence-electron chi connectivity index (χ0n) is 20.4. The average Bonchev–Trinajstić information content (AvgIpc) is 3.18. The number of carbonyl (C=O) groups is 1. The van der Waals surface area contributed by atoms with Gasteiger partial charge in [0.2, 0.25) is 0 Å². The lowest BCUT2D eigenvalue weighted by atomic mass is 9.89. The van der Waals surface area contributed by atoms with Gasteiger partial charge in [0.15, 0.2) is 0 Å². The van der Waals surface area contributed by atoms with Crippen molar-refractivity contribution in [2.75, 3.05) is 25.5 Å². The Bertz CT molecular complexity index is 1190. The Morgan fingerprint density at radius 2 is 2.00 bits per heavy atom. The first-order valence-electron chi connectivity index (χ1n) is 12.1. The van der Waals surface area contributed by atoms with Crippen molar-refractivity contribution in [1.82, 2.24) is 19.8 Å². The van der Waals surface area contributed by atoms with Gasteiger partial charge in [0, 0.05) is 49.8 Å². The maximum absolute atomic E-state index is 12.6. The molecule has 2 aromatic rings. The molecule has 3 aliphatic rings. The van der Waals surface area contributed by atoms with Crippen LogP contribution in [0.3, 0.4) is 0 Å². The van der Waals surface area contributed by atoms with Crippen molar-refractivity contribution in [3.05, 3.63) is 60.1 Å².